The van der Waals surface area contributed by atoms with Gasteiger partial charge in [0.1, 0.15) is 11.6 Å². The summed E-state index contributed by atoms with van der Waals surface area (Å²) in [6, 6.07) is 8.38. The van der Waals surface area contributed by atoms with Crippen LogP contribution in [0.4, 0.5) is 20.3 Å². The van der Waals surface area contributed by atoms with Gasteiger partial charge in [-0.3, -0.25) is 4.90 Å². The van der Waals surface area contributed by atoms with Crippen molar-refractivity contribution in [2.24, 2.45) is 11.8 Å². The number of anilines is 2. The van der Waals surface area contributed by atoms with Crippen LogP contribution in [0.15, 0.2) is 35.2 Å². The second-order valence-corrected chi connectivity index (χ2v) is 10.3. The molecule has 0 spiro atoms. The van der Waals surface area contributed by atoms with Gasteiger partial charge in [-0.2, -0.15) is 4.39 Å². The molecule has 2 aromatic rings. The minimum absolute atomic E-state index is 0.332. The lowest BCUT2D eigenvalue weighted by molar-refractivity contribution is 0.0385. The summed E-state index contributed by atoms with van der Waals surface area (Å²) >= 11 is 7.59. The highest BCUT2D eigenvalue weighted by molar-refractivity contribution is 8.00. The highest BCUT2D eigenvalue weighted by atomic mass is 35.5. The third-order valence-corrected chi connectivity index (χ3v) is 8.07. The van der Waals surface area contributed by atoms with Crippen LogP contribution in [0.2, 0.25) is 5.02 Å². The standard InChI is InChI=1S/C23H27ClF2N4S/c24-18-10-21(31-28-23-3-1-2-22(26)27-23)19(25)11-20(18)29-9-8-16(13-29)14-30-12-15-4-6-17(30)7-5-15/h1-3,10-11,15-17H,4-9,12-14H2,(H,27,28)/t15?,16-,17?/m1/s1. The first-order valence-corrected chi connectivity index (χ1v) is 12.3. The Morgan fingerprint density at radius 2 is 1.94 bits per heavy atom. The highest BCUT2D eigenvalue weighted by Crippen LogP contribution is 2.38. The van der Waals surface area contributed by atoms with E-state index >= 15 is 0 Å². The van der Waals surface area contributed by atoms with Crippen LogP contribution in [0.1, 0.15) is 32.1 Å². The van der Waals surface area contributed by atoms with Gasteiger partial charge in [0.2, 0.25) is 5.95 Å². The molecule has 4 nitrogen and oxygen atoms in total. The highest BCUT2D eigenvalue weighted by Gasteiger charge is 2.36. The first kappa shape index (κ1) is 21.3. The van der Waals surface area contributed by atoms with E-state index in [0.29, 0.717) is 21.7 Å². The van der Waals surface area contributed by atoms with Crippen molar-refractivity contribution in [1.82, 2.24) is 9.88 Å². The molecule has 4 fully saturated rings. The van der Waals surface area contributed by atoms with Crippen molar-refractivity contribution in [3.8, 4) is 0 Å². The van der Waals surface area contributed by atoms with Gasteiger partial charge in [0.05, 0.1) is 15.6 Å². The molecular weight excluding hydrogens is 438 g/mol. The van der Waals surface area contributed by atoms with Crippen LogP contribution in [0.3, 0.4) is 0 Å². The van der Waals surface area contributed by atoms with Gasteiger partial charge >= 0.3 is 0 Å². The third kappa shape index (κ3) is 4.78. The zero-order valence-corrected chi connectivity index (χ0v) is 18.9. The first-order chi connectivity index (χ1) is 15.0. The lowest BCUT2D eigenvalue weighted by Gasteiger charge is -2.46. The lowest BCUT2D eigenvalue weighted by Crippen LogP contribution is -2.49. The van der Waals surface area contributed by atoms with Crippen LogP contribution < -0.4 is 9.62 Å². The molecule has 6 rings (SSSR count). The van der Waals surface area contributed by atoms with Crippen molar-refractivity contribution in [3.05, 3.63) is 47.1 Å². The second-order valence-electron chi connectivity index (χ2n) is 9.01. The molecule has 1 atom stereocenters. The Bertz CT molecular complexity index is 938. The molecule has 1 saturated carbocycles. The SMILES string of the molecule is Fc1cccc(NSc2cc(Cl)c(N3CC[C@@H](CN4CC5CCC4CC5)C3)cc2F)n1. The average Bonchev–Trinajstić information content (AvgIpc) is 3.23. The van der Waals surface area contributed by atoms with Crippen molar-refractivity contribution in [2.45, 2.75) is 43.0 Å². The van der Waals surface area contributed by atoms with E-state index in [9.17, 15) is 8.78 Å². The second kappa shape index (κ2) is 9.12. The number of halogens is 3. The number of rotatable bonds is 6. The Hall–Kier alpha value is -1.57. The molecule has 8 heteroatoms. The quantitative estimate of drug-likeness (QED) is 0.429. The third-order valence-electron chi connectivity index (χ3n) is 6.93. The summed E-state index contributed by atoms with van der Waals surface area (Å²) in [6.45, 7) is 4.24. The van der Waals surface area contributed by atoms with Crippen LogP contribution >= 0.6 is 23.5 Å². The number of aromatic nitrogens is 1. The number of benzene rings is 1. The molecule has 0 amide bonds. The molecule has 1 aromatic carbocycles. The van der Waals surface area contributed by atoms with E-state index in [-0.39, 0.29) is 5.82 Å². The maximum Gasteiger partial charge on any atom is 0.214 e. The minimum atomic E-state index is -0.583. The smallest absolute Gasteiger partial charge is 0.214 e. The molecule has 3 aliphatic heterocycles. The van der Waals surface area contributed by atoms with E-state index in [0.717, 1.165) is 55.7 Å². The molecular formula is C23H27ClF2N4S. The number of nitrogens with zero attached hydrogens (tertiary/aromatic N) is 3. The van der Waals surface area contributed by atoms with E-state index in [1.807, 2.05) is 0 Å². The van der Waals surface area contributed by atoms with E-state index < -0.39 is 5.95 Å². The molecule has 31 heavy (non-hydrogen) atoms. The zero-order valence-electron chi connectivity index (χ0n) is 17.4. The number of hydrogen-bond acceptors (Lipinski definition) is 5. The van der Waals surface area contributed by atoms with E-state index in [1.54, 1.807) is 18.2 Å². The largest absolute Gasteiger partial charge is 0.370 e. The van der Waals surface area contributed by atoms with Crippen molar-refractivity contribution in [1.29, 1.82) is 0 Å². The maximum absolute atomic E-state index is 14.8. The maximum atomic E-state index is 14.8. The molecule has 3 saturated heterocycles. The van der Waals surface area contributed by atoms with Gasteiger partial charge in [-0.05, 0) is 80.2 Å². The molecule has 166 valence electrons. The normalized spacial score (nSPS) is 25.9. The number of hydrogen-bond donors (Lipinski definition) is 1. The summed E-state index contributed by atoms with van der Waals surface area (Å²) in [5.74, 6) is 0.907. The summed E-state index contributed by atoms with van der Waals surface area (Å²) in [5, 5.41) is 0.538. The summed E-state index contributed by atoms with van der Waals surface area (Å²) in [5.41, 5.74) is 0.759. The Balaban J connectivity index is 1.21. The van der Waals surface area contributed by atoms with Crippen LogP contribution in [-0.2, 0) is 0 Å². The molecule has 0 radical (unpaired) electrons. The topological polar surface area (TPSA) is 31.4 Å². The number of nitrogens with one attached hydrogen (secondary N) is 1. The van der Waals surface area contributed by atoms with Gasteiger partial charge in [-0.25, -0.2) is 9.37 Å². The molecule has 0 unspecified atom stereocenters. The van der Waals surface area contributed by atoms with Gasteiger partial charge in [0.25, 0.3) is 0 Å². The number of fused-ring (bicyclic) bond motifs is 3. The Morgan fingerprint density at radius 3 is 2.68 bits per heavy atom. The Kier molecular flexibility index (Phi) is 6.26. The van der Waals surface area contributed by atoms with E-state index in [2.05, 4.69) is 19.5 Å². The van der Waals surface area contributed by atoms with Gasteiger partial charge in [-0.1, -0.05) is 17.7 Å². The fourth-order valence-electron chi connectivity index (χ4n) is 5.34. The Morgan fingerprint density at radius 1 is 1.10 bits per heavy atom. The summed E-state index contributed by atoms with van der Waals surface area (Å²) < 4.78 is 30.9. The fraction of sp³-hybridized carbons (Fsp3) is 0.522. The molecule has 4 heterocycles. The average molecular weight is 465 g/mol. The zero-order chi connectivity index (χ0) is 21.4. The number of pyridine rings is 1. The molecule has 4 aliphatic rings. The summed E-state index contributed by atoms with van der Waals surface area (Å²) in [6.07, 6.45) is 6.64. The van der Waals surface area contributed by atoms with E-state index in [1.165, 1.54) is 44.4 Å². The molecule has 2 bridgehead atoms. The van der Waals surface area contributed by atoms with Crippen LogP contribution in [0, 0.1) is 23.6 Å². The molecule has 1 aromatic heterocycles. The van der Waals surface area contributed by atoms with Gasteiger partial charge < -0.3 is 9.62 Å². The summed E-state index contributed by atoms with van der Waals surface area (Å²) in [7, 11) is 0. The van der Waals surface area contributed by atoms with Crippen LogP contribution in [-0.4, -0.2) is 42.1 Å². The number of piperidine rings is 2. The monoisotopic (exact) mass is 464 g/mol. The molecule has 1 N–H and O–H groups in total. The van der Waals surface area contributed by atoms with Crippen molar-refractivity contribution in [2.75, 3.05) is 35.8 Å². The summed E-state index contributed by atoms with van der Waals surface area (Å²) in [4.78, 5) is 9.01. The van der Waals surface area contributed by atoms with Gasteiger partial charge in [-0.15, -0.1) is 0 Å². The van der Waals surface area contributed by atoms with Crippen LogP contribution in [0.25, 0.3) is 0 Å². The fourth-order valence-corrected chi connectivity index (χ4v) is 6.35. The van der Waals surface area contributed by atoms with Crippen molar-refractivity contribution in [3.63, 3.8) is 0 Å². The Labute approximate surface area is 191 Å². The van der Waals surface area contributed by atoms with Crippen LogP contribution in [0.5, 0.6) is 0 Å². The van der Waals surface area contributed by atoms with Crippen molar-refractivity contribution < 1.29 is 8.78 Å². The minimum Gasteiger partial charge on any atom is -0.370 e. The predicted octanol–water partition coefficient (Wildman–Crippen LogP) is 5.83. The van der Waals surface area contributed by atoms with Gasteiger partial charge in [0.15, 0.2) is 0 Å². The van der Waals surface area contributed by atoms with Gasteiger partial charge in [0, 0.05) is 32.2 Å². The van der Waals surface area contributed by atoms with Crippen molar-refractivity contribution >= 4 is 35.1 Å². The first-order valence-electron chi connectivity index (χ1n) is 11.1. The lowest BCUT2D eigenvalue weighted by atomic mass is 9.79. The van der Waals surface area contributed by atoms with E-state index in [4.69, 9.17) is 11.6 Å². The molecule has 1 aliphatic carbocycles. The predicted molar refractivity (Wildman–Crippen MR) is 123 cm³/mol.